The number of hydrogen-bond donors (Lipinski definition) is 1. The van der Waals surface area contributed by atoms with Crippen molar-refractivity contribution in [1.29, 1.82) is 0 Å². The number of ether oxygens (including phenoxy) is 2. The van der Waals surface area contributed by atoms with E-state index < -0.39 is 12.1 Å². The molecule has 8 nitrogen and oxygen atoms in total. The van der Waals surface area contributed by atoms with Gasteiger partial charge in [0, 0.05) is 12.7 Å². The molecule has 1 aliphatic heterocycles. The van der Waals surface area contributed by atoms with Gasteiger partial charge in [0.05, 0.1) is 25.1 Å². The highest BCUT2D eigenvalue weighted by Gasteiger charge is 2.46. The summed E-state index contributed by atoms with van der Waals surface area (Å²) in [5, 5.41) is 7.12. The number of aromatic nitrogens is 1. The Hall–Kier alpha value is -3.08. The molecule has 1 aliphatic carbocycles. The molecule has 30 heavy (non-hydrogen) atoms. The molecule has 3 atom stereocenters. The summed E-state index contributed by atoms with van der Waals surface area (Å²) in [7, 11) is 0. The Morgan fingerprint density at radius 1 is 1.23 bits per heavy atom. The largest absolute Gasteiger partial charge is 0.490 e. The Balaban J connectivity index is 0.000000318. The predicted molar refractivity (Wildman–Crippen MR) is 94.9 cm³/mol. The van der Waals surface area contributed by atoms with Crippen LogP contribution in [-0.4, -0.2) is 64.4 Å². The van der Waals surface area contributed by atoms with Crippen LogP contribution in [0.2, 0.25) is 0 Å². The molecule has 2 aromatic rings. The molecule has 1 amide bonds. The Morgan fingerprint density at radius 3 is 2.60 bits per heavy atom. The van der Waals surface area contributed by atoms with E-state index >= 15 is 0 Å². The van der Waals surface area contributed by atoms with Crippen LogP contribution in [0.5, 0.6) is 5.75 Å². The minimum absolute atomic E-state index is 0.0306. The Bertz CT molecular complexity index is 844. The average molecular weight is 428 g/mol. The molecule has 2 fully saturated rings. The first-order valence-corrected chi connectivity index (χ1v) is 9.10. The standard InChI is InChI=1S/C17H18N2O4.C2HF3O2/c20-17(15-4-2-9-21-15)19-8-10-22-16-13(19)5-6-14(16)23-12-3-1-7-18-11-12;3-2(4,5)1(6)7/h1-4,7,9,11,13-14,16H,5-6,8,10H2;(H,6,7)/t13-,14-,16+;/m0./s1. The summed E-state index contributed by atoms with van der Waals surface area (Å²) in [4.78, 5) is 27.4. The third-order valence-corrected chi connectivity index (χ3v) is 4.69. The Labute approximate surface area is 169 Å². The average Bonchev–Trinajstić information content (AvgIpc) is 3.38. The van der Waals surface area contributed by atoms with Gasteiger partial charge in [-0.25, -0.2) is 4.79 Å². The second kappa shape index (κ2) is 9.16. The van der Waals surface area contributed by atoms with Crippen molar-refractivity contribution < 1.29 is 41.8 Å². The molecule has 0 bridgehead atoms. The summed E-state index contributed by atoms with van der Waals surface area (Å²) in [5.74, 6) is -1.72. The SMILES string of the molecule is O=C(O)C(F)(F)F.O=C(c1ccco1)N1CCO[C@H]2[C@@H](Oc3cccnc3)CC[C@@H]21. The van der Waals surface area contributed by atoms with Crippen molar-refractivity contribution in [3.63, 3.8) is 0 Å². The lowest BCUT2D eigenvalue weighted by Gasteiger charge is -2.38. The van der Waals surface area contributed by atoms with Crippen molar-refractivity contribution in [2.75, 3.05) is 13.2 Å². The first kappa shape index (κ1) is 21.6. The molecule has 11 heteroatoms. The van der Waals surface area contributed by atoms with E-state index in [-0.39, 0.29) is 24.2 Å². The lowest BCUT2D eigenvalue weighted by Crippen LogP contribution is -2.54. The predicted octanol–water partition coefficient (Wildman–Crippen LogP) is 2.76. The summed E-state index contributed by atoms with van der Waals surface area (Å²) in [6.45, 7) is 1.10. The first-order valence-electron chi connectivity index (χ1n) is 9.10. The number of fused-ring (bicyclic) bond motifs is 1. The molecule has 162 valence electrons. The van der Waals surface area contributed by atoms with Crippen LogP contribution >= 0.6 is 0 Å². The van der Waals surface area contributed by atoms with Gasteiger partial charge in [-0.05, 0) is 37.1 Å². The van der Waals surface area contributed by atoms with Crippen molar-refractivity contribution in [2.24, 2.45) is 0 Å². The summed E-state index contributed by atoms with van der Waals surface area (Å²) in [6, 6.07) is 7.19. The number of aliphatic carboxylic acids is 1. The highest BCUT2D eigenvalue weighted by molar-refractivity contribution is 5.91. The van der Waals surface area contributed by atoms with Gasteiger partial charge in [0.2, 0.25) is 0 Å². The number of hydrogen-bond acceptors (Lipinski definition) is 6. The number of carboxylic acid groups (broad SMARTS) is 1. The summed E-state index contributed by atoms with van der Waals surface area (Å²) in [6.07, 6.45) is 1.40. The van der Waals surface area contributed by atoms with Gasteiger partial charge in [-0.3, -0.25) is 9.78 Å². The summed E-state index contributed by atoms with van der Waals surface area (Å²) >= 11 is 0. The number of nitrogens with zero attached hydrogens (tertiary/aromatic N) is 2. The van der Waals surface area contributed by atoms with Crippen LogP contribution in [0.15, 0.2) is 47.3 Å². The lowest BCUT2D eigenvalue weighted by molar-refractivity contribution is -0.192. The number of amides is 1. The molecule has 2 aromatic heterocycles. The minimum atomic E-state index is -5.08. The molecule has 1 N–H and O–H groups in total. The summed E-state index contributed by atoms with van der Waals surface area (Å²) < 4.78 is 48.9. The molecule has 0 radical (unpaired) electrons. The van der Waals surface area contributed by atoms with Gasteiger partial charge in [-0.2, -0.15) is 13.2 Å². The monoisotopic (exact) mass is 428 g/mol. The van der Waals surface area contributed by atoms with E-state index in [1.807, 2.05) is 17.0 Å². The number of pyridine rings is 1. The summed E-state index contributed by atoms with van der Waals surface area (Å²) in [5.41, 5.74) is 0. The molecular formula is C19H19F3N2O6. The molecule has 2 aliphatic rings. The number of morpholine rings is 1. The zero-order valence-electron chi connectivity index (χ0n) is 15.6. The van der Waals surface area contributed by atoms with E-state index in [0.29, 0.717) is 18.9 Å². The minimum Gasteiger partial charge on any atom is -0.486 e. The highest BCUT2D eigenvalue weighted by atomic mass is 19.4. The second-order valence-corrected chi connectivity index (χ2v) is 6.60. The molecule has 0 aromatic carbocycles. The number of halogens is 3. The van der Waals surface area contributed by atoms with Crippen LogP contribution in [0.25, 0.3) is 0 Å². The van der Waals surface area contributed by atoms with E-state index in [0.717, 1.165) is 18.6 Å². The zero-order chi connectivity index (χ0) is 21.7. The van der Waals surface area contributed by atoms with Gasteiger partial charge >= 0.3 is 12.1 Å². The van der Waals surface area contributed by atoms with Crippen molar-refractivity contribution in [2.45, 2.75) is 37.3 Å². The Kier molecular flexibility index (Phi) is 6.60. The van der Waals surface area contributed by atoms with Gasteiger partial charge in [0.1, 0.15) is 18.0 Å². The zero-order valence-corrected chi connectivity index (χ0v) is 15.6. The van der Waals surface area contributed by atoms with E-state index in [2.05, 4.69) is 4.98 Å². The maximum absolute atomic E-state index is 12.6. The topological polar surface area (TPSA) is 102 Å². The lowest BCUT2D eigenvalue weighted by atomic mass is 10.1. The van der Waals surface area contributed by atoms with Gasteiger partial charge in [0.25, 0.3) is 5.91 Å². The van der Waals surface area contributed by atoms with E-state index in [1.54, 1.807) is 24.5 Å². The smallest absolute Gasteiger partial charge is 0.486 e. The van der Waals surface area contributed by atoms with Crippen LogP contribution in [0.4, 0.5) is 13.2 Å². The fourth-order valence-electron chi connectivity index (χ4n) is 3.43. The molecule has 0 spiro atoms. The van der Waals surface area contributed by atoms with E-state index in [4.69, 9.17) is 23.8 Å². The van der Waals surface area contributed by atoms with Gasteiger partial charge in [-0.1, -0.05) is 0 Å². The maximum atomic E-state index is 12.6. The molecule has 1 saturated carbocycles. The third-order valence-electron chi connectivity index (χ3n) is 4.69. The normalized spacial score (nSPS) is 23.2. The molecule has 0 unspecified atom stereocenters. The molecule has 1 saturated heterocycles. The molecular weight excluding hydrogens is 409 g/mol. The fraction of sp³-hybridized carbons (Fsp3) is 0.421. The Morgan fingerprint density at radius 2 is 2.00 bits per heavy atom. The van der Waals surface area contributed by atoms with Crippen molar-refractivity contribution >= 4 is 11.9 Å². The van der Waals surface area contributed by atoms with Crippen LogP contribution < -0.4 is 4.74 Å². The maximum Gasteiger partial charge on any atom is 0.490 e. The van der Waals surface area contributed by atoms with Gasteiger partial charge < -0.3 is 23.9 Å². The van der Waals surface area contributed by atoms with E-state index in [1.165, 1.54) is 6.26 Å². The van der Waals surface area contributed by atoms with Crippen LogP contribution in [0.3, 0.4) is 0 Å². The van der Waals surface area contributed by atoms with Gasteiger partial charge in [-0.15, -0.1) is 0 Å². The van der Waals surface area contributed by atoms with Crippen molar-refractivity contribution in [1.82, 2.24) is 9.88 Å². The number of alkyl halides is 3. The fourth-order valence-corrected chi connectivity index (χ4v) is 3.43. The number of carbonyl (C=O) groups is 2. The third kappa shape index (κ3) is 5.09. The highest BCUT2D eigenvalue weighted by Crippen LogP contribution is 2.33. The van der Waals surface area contributed by atoms with Crippen LogP contribution in [0.1, 0.15) is 23.4 Å². The first-order chi connectivity index (χ1) is 14.3. The molecule has 3 heterocycles. The van der Waals surface area contributed by atoms with Crippen molar-refractivity contribution in [3.05, 3.63) is 48.7 Å². The van der Waals surface area contributed by atoms with E-state index in [9.17, 15) is 18.0 Å². The number of furan rings is 1. The van der Waals surface area contributed by atoms with Gasteiger partial charge in [0.15, 0.2) is 5.76 Å². The second-order valence-electron chi connectivity index (χ2n) is 6.60. The van der Waals surface area contributed by atoms with Crippen LogP contribution in [0, 0.1) is 0 Å². The van der Waals surface area contributed by atoms with Crippen LogP contribution in [-0.2, 0) is 9.53 Å². The van der Waals surface area contributed by atoms with Crippen molar-refractivity contribution in [3.8, 4) is 5.75 Å². The number of carboxylic acids is 1. The number of carbonyl (C=O) groups excluding carboxylic acids is 1. The quantitative estimate of drug-likeness (QED) is 0.802. The molecule has 4 rings (SSSR count). The number of rotatable bonds is 3.